The summed E-state index contributed by atoms with van der Waals surface area (Å²) in [7, 11) is 0. The monoisotopic (exact) mass is 657 g/mol. The summed E-state index contributed by atoms with van der Waals surface area (Å²) < 4.78 is 10.3. The van der Waals surface area contributed by atoms with Gasteiger partial charge in [-0.2, -0.15) is 4.79 Å². The van der Waals surface area contributed by atoms with E-state index >= 15 is 0 Å². The van der Waals surface area contributed by atoms with Crippen molar-refractivity contribution in [1.82, 2.24) is 21.3 Å². The van der Waals surface area contributed by atoms with Crippen molar-refractivity contribution in [3.63, 3.8) is 0 Å². The van der Waals surface area contributed by atoms with Crippen molar-refractivity contribution in [1.29, 1.82) is 0 Å². The highest BCUT2D eigenvalue weighted by molar-refractivity contribution is 6.25. The standard InChI is InChI=1S/C31H43N7O9/c1-18(2)27(35-21(6)40)29(43)37-25(8-7-15-33-20(5)39)28(42)36-23-11-9-22(10-12-23)17-46-31(45)38-26(30(44)47-19(3)4)14-13-24(41)16-34-32/h9-12,16,19,25-26H,7-8,13-15,17H2,1-6H3,(H,33,39)(H,35,40)(H,36,42)(H,37,43)(H,38,45)/t25-,26-/m0/s1. The van der Waals surface area contributed by atoms with Crippen LogP contribution in [0.1, 0.15) is 72.8 Å². The Labute approximate surface area is 273 Å². The summed E-state index contributed by atoms with van der Waals surface area (Å²) in [5, 5.41) is 12.8. The van der Waals surface area contributed by atoms with E-state index in [1.165, 1.54) is 13.8 Å². The van der Waals surface area contributed by atoms with Crippen LogP contribution in [-0.2, 0) is 44.8 Å². The van der Waals surface area contributed by atoms with Crippen LogP contribution in [0.3, 0.4) is 0 Å². The van der Waals surface area contributed by atoms with Gasteiger partial charge in [0.05, 0.1) is 6.10 Å². The highest BCUT2D eigenvalue weighted by Crippen LogP contribution is 2.13. The first-order valence-electron chi connectivity index (χ1n) is 14.9. The van der Waals surface area contributed by atoms with E-state index in [1.807, 2.05) is 0 Å². The van der Waals surface area contributed by atoms with Crippen LogP contribution in [0.2, 0.25) is 0 Å². The topological polar surface area (TPSA) is 234 Å². The average Bonchev–Trinajstić information content (AvgIpc) is 2.98. The van der Waals surface area contributed by atoms with Gasteiger partial charge in [0.15, 0.2) is 0 Å². The van der Waals surface area contributed by atoms with Crippen LogP contribution in [0.25, 0.3) is 5.53 Å². The van der Waals surface area contributed by atoms with Crippen molar-refractivity contribution < 1.29 is 47.8 Å². The molecule has 0 saturated heterocycles. The third-order valence-electron chi connectivity index (χ3n) is 6.09. The van der Waals surface area contributed by atoms with Crippen LogP contribution in [0.4, 0.5) is 10.5 Å². The Morgan fingerprint density at radius 1 is 0.894 bits per heavy atom. The Bertz CT molecular complexity index is 1380. The zero-order chi connectivity index (χ0) is 35.5. The van der Waals surface area contributed by atoms with Gasteiger partial charge in [0.1, 0.15) is 24.4 Å². The van der Waals surface area contributed by atoms with Crippen LogP contribution >= 0.6 is 0 Å². The molecule has 47 heavy (non-hydrogen) atoms. The van der Waals surface area contributed by atoms with Gasteiger partial charge in [0, 0.05) is 32.5 Å². The van der Waals surface area contributed by atoms with Crippen LogP contribution in [0.15, 0.2) is 35.5 Å². The molecular formula is C31H43N7O9. The van der Waals surface area contributed by atoms with Gasteiger partial charge in [0.25, 0.3) is 5.91 Å². The summed E-state index contributed by atoms with van der Waals surface area (Å²) in [5.41, 5.74) is 9.97. The first-order valence-corrected chi connectivity index (χ1v) is 14.9. The van der Waals surface area contributed by atoms with Gasteiger partial charge >= 0.3 is 18.3 Å². The summed E-state index contributed by atoms with van der Waals surface area (Å²) in [6.45, 7) is 9.26. The van der Waals surface area contributed by atoms with Crippen molar-refractivity contribution in [2.45, 2.75) is 92.0 Å². The molecule has 0 unspecified atom stereocenters. The van der Waals surface area contributed by atoms with Gasteiger partial charge in [-0.1, -0.05) is 12.1 Å². The number of esters is 1. The predicted octanol–water partition coefficient (Wildman–Crippen LogP) is 1.65. The largest absolute Gasteiger partial charge is 0.461 e. The molecule has 256 valence electrons. The van der Waals surface area contributed by atoms with Crippen LogP contribution < -0.4 is 26.6 Å². The maximum absolute atomic E-state index is 13.2. The van der Waals surface area contributed by atoms with E-state index in [9.17, 15) is 33.6 Å². The lowest BCUT2D eigenvalue weighted by Crippen LogP contribution is -2.47. The van der Waals surface area contributed by atoms with E-state index in [0.717, 1.165) is 0 Å². The van der Waals surface area contributed by atoms with Crippen LogP contribution in [0, 0.1) is 0 Å². The number of allylic oxidation sites excluding steroid dienone is 1. The zero-order valence-electron chi connectivity index (χ0n) is 27.4. The number of benzene rings is 1. The zero-order valence-corrected chi connectivity index (χ0v) is 27.4. The van der Waals surface area contributed by atoms with Gasteiger partial charge < -0.3 is 41.6 Å². The number of carbonyl (C=O) groups excluding carboxylic acids is 7. The number of ketones is 1. The number of rotatable bonds is 18. The smallest absolute Gasteiger partial charge is 0.408 e. The van der Waals surface area contributed by atoms with Crippen molar-refractivity contribution in [3.05, 3.63) is 46.6 Å². The molecule has 0 aliphatic carbocycles. The predicted molar refractivity (Wildman–Crippen MR) is 169 cm³/mol. The second kappa shape index (κ2) is 20.6. The molecule has 0 aliphatic rings. The molecule has 0 saturated carbocycles. The fraction of sp³-hybridized carbons (Fsp3) is 0.484. The van der Waals surface area contributed by atoms with Crippen molar-refractivity contribution in [2.75, 3.05) is 11.9 Å². The number of amides is 5. The minimum Gasteiger partial charge on any atom is -0.461 e. The van der Waals surface area contributed by atoms with Crippen molar-refractivity contribution >= 4 is 53.4 Å². The van der Waals surface area contributed by atoms with Gasteiger partial charge in [0.2, 0.25) is 23.5 Å². The maximum Gasteiger partial charge on any atom is 0.408 e. The highest BCUT2D eigenvalue weighted by atomic mass is 16.6. The third kappa shape index (κ3) is 16.5. The lowest BCUT2D eigenvalue weighted by molar-refractivity contribution is -0.150. The van der Waals surface area contributed by atoms with E-state index in [4.69, 9.17) is 15.0 Å². The summed E-state index contributed by atoms with van der Waals surface area (Å²) in [6, 6.07) is 4.09. The van der Waals surface area contributed by atoms with Crippen molar-refractivity contribution in [3.8, 4) is 0 Å². The Hall–Kier alpha value is -5.37. The molecule has 0 radical (unpaired) electrons. The minimum absolute atomic E-state index is 0.0262. The van der Waals surface area contributed by atoms with Crippen molar-refractivity contribution in [2.24, 2.45) is 0 Å². The quantitative estimate of drug-likeness (QED) is 0.0385. The van der Waals surface area contributed by atoms with E-state index < -0.39 is 53.8 Å². The Morgan fingerprint density at radius 2 is 1.55 bits per heavy atom. The average molecular weight is 658 g/mol. The molecular weight excluding hydrogens is 614 g/mol. The molecule has 1 aromatic carbocycles. The van der Waals surface area contributed by atoms with E-state index in [2.05, 4.69) is 31.4 Å². The molecule has 0 fully saturated rings. The number of hydrogen-bond acceptors (Lipinski definition) is 9. The highest BCUT2D eigenvalue weighted by Gasteiger charge is 2.26. The summed E-state index contributed by atoms with van der Waals surface area (Å²) in [5.74, 6) is -3.18. The number of ether oxygens (including phenoxy) is 2. The molecule has 1 rings (SSSR count). The summed E-state index contributed by atoms with van der Waals surface area (Å²) in [4.78, 5) is 88.0. The molecule has 0 bridgehead atoms. The SMILES string of the molecule is CC(=O)NCCC[C@H](NC(=O)C(NC(C)=O)=C(C)C)C(=O)Nc1ccc(COC(=O)N[C@@H](CCC(=O)C=[N+]=[N-])C(=O)OC(C)C)cc1. The molecule has 0 aromatic heterocycles. The number of Topliss-reactive ketones (excluding diaryl/α,β-unsaturated/α-hetero) is 1. The number of hydrogen-bond donors (Lipinski definition) is 5. The molecule has 0 aliphatic heterocycles. The number of carbonyl (C=O) groups is 7. The molecule has 2 atom stereocenters. The Morgan fingerprint density at radius 3 is 2.11 bits per heavy atom. The minimum atomic E-state index is -1.18. The third-order valence-corrected chi connectivity index (χ3v) is 6.09. The van der Waals surface area contributed by atoms with E-state index in [0.29, 0.717) is 29.5 Å². The second-order valence-corrected chi connectivity index (χ2v) is 10.9. The number of alkyl carbamates (subject to hydrolysis) is 1. The lowest BCUT2D eigenvalue weighted by Gasteiger charge is -2.20. The van der Waals surface area contributed by atoms with E-state index in [1.54, 1.807) is 52.0 Å². The van der Waals surface area contributed by atoms with Crippen LogP contribution in [-0.4, -0.2) is 77.2 Å². The lowest BCUT2D eigenvalue weighted by atomic mass is 10.1. The molecule has 0 heterocycles. The van der Waals surface area contributed by atoms with Gasteiger partial charge in [-0.25, -0.2) is 9.59 Å². The maximum atomic E-state index is 13.2. The molecule has 5 N–H and O–H groups in total. The normalized spacial score (nSPS) is 11.5. The first kappa shape index (κ1) is 39.7. The van der Waals surface area contributed by atoms with Gasteiger partial charge in [-0.3, -0.25) is 24.0 Å². The van der Waals surface area contributed by atoms with Gasteiger partial charge in [-0.15, -0.1) is 0 Å². The number of anilines is 1. The van der Waals surface area contributed by atoms with Crippen LogP contribution in [0.5, 0.6) is 0 Å². The summed E-state index contributed by atoms with van der Waals surface area (Å²) >= 11 is 0. The molecule has 16 heteroatoms. The fourth-order valence-electron chi connectivity index (χ4n) is 3.88. The molecule has 16 nitrogen and oxygen atoms in total. The molecule has 1 aromatic rings. The number of nitrogens with zero attached hydrogens (tertiary/aromatic N) is 2. The Kier molecular flexibility index (Phi) is 17.4. The molecule has 0 spiro atoms. The second-order valence-electron chi connectivity index (χ2n) is 10.9. The van der Waals surface area contributed by atoms with E-state index in [-0.39, 0.29) is 44.0 Å². The van der Waals surface area contributed by atoms with Gasteiger partial charge in [-0.05, 0) is 70.2 Å². The summed E-state index contributed by atoms with van der Waals surface area (Å²) in [6.07, 6.45) is -0.463. The number of nitrogens with one attached hydrogen (secondary N) is 5. The Balaban J connectivity index is 2.89. The fourth-order valence-corrected chi connectivity index (χ4v) is 3.88. The first-order chi connectivity index (χ1) is 22.1. The molecule has 5 amide bonds.